The van der Waals surface area contributed by atoms with E-state index in [0.29, 0.717) is 4.90 Å². The lowest BCUT2D eigenvalue weighted by Gasteiger charge is -2.32. The Morgan fingerprint density at radius 1 is 0.828 bits per heavy atom. The SMILES string of the molecule is Cc1ccc(S(=O)(=O)C[C@@](C)(c2ccccc2)c2ccnc(C(C)(C)C)c2)cc1. The maximum atomic E-state index is 13.4. The van der Waals surface area contributed by atoms with Crippen molar-refractivity contribution >= 4 is 9.84 Å². The summed E-state index contributed by atoms with van der Waals surface area (Å²) in [5, 5.41) is 0. The molecule has 29 heavy (non-hydrogen) atoms. The van der Waals surface area contributed by atoms with Crippen LogP contribution in [0.25, 0.3) is 0 Å². The molecule has 3 rings (SSSR count). The Morgan fingerprint density at radius 3 is 2.03 bits per heavy atom. The van der Waals surface area contributed by atoms with E-state index >= 15 is 0 Å². The van der Waals surface area contributed by atoms with Crippen molar-refractivity contribution < 1.29 is 8.42 Å². The van der Waals surface area contributed by atoms with Gasteiger partial charge in [-0.2, -0.15) is 0 Å². The van der Waals surface area contributed by atoms with E-state index in [9.17, 15) is 8.42 Å². The number of nitrogens with zero attached hydrogens (tertiary/aromatic N) is 1. The fourth-order valence-corrected chi connectivity index (χ4v) is 5.34. The summed E-state index contributed by atoms with van der Waals surface area (Å²) in [4.78, 5) is 4.89. The molecule has 0 spiro atoms. The average molecular weight is 408 g/mol. The molecule has 0 bridgehead atoms. The molecule has 0 aliphatic carbocycles. The van der Waals surface area contributed by atoms with E-state index in [4.69, 9.17) is 0 Å². The van der Waals surface area contributed by atoms with Gasteiger partial charge in [0.05, 0.1) is 10.6 Å². The summed E-state index contributed by atoms with van der Waals surface area (Å²) in [5.41, 5.74) is 3.10. The molecule has 0 saturated carbocycles. The van der Waals surface area contributed by atoms with Crippen LogP contribution in [0.4, 0.5) is 0 Å². The first-order chi connectivity index (χ1) is 13.5. The quantitative estimate of drug-likeness (QED) is 0.564. The molecule has 0 saturated heterocycles. The number of benzene rings is 2. The second kappa shape index (κ2) is 7.75. The Morgan fingerprint density at radius 2 is 1.45 bits per heavy atom. The average Bonchev–Trinajstić information content (AvgIpc) is 2.68. The summed E-state index contributed by atoms with van der Waals surface area (Å²) in [6.07, 6.45) is 1.79. The Balaban J connectivity index is 2.14. The molecule has 3 aromatic rings. The Labute approximate surface area is 174 Å². The van der Waals surface area contributed by atoms with Gasteiger partial charge in [0.1, 0.15) is 0 Å². The Hall–Kier alpha value is -2.46. The van der Waals surface area contributed by atoms with Gasteiger partial charge in [0.2, 0.25) is 0 Å². The fraction of sp³-hybridized carbons (Fsp3) is 0.320. The van der Waals surface area contributed by atoms with Crippen LogP contribution >= 0.6 is 0 Å². The molecule has 1 aromatic heterocycles. The predicted molar refractivity (Wildman–Crippen MR) is 119 cm³/mol. The standard InChI is InChI=1S/C25H29NO2S/c1-19-11-13-22(14-12-19)29(27,28)18-25(5,20-9-7-6-8-10-20)21-15-16-26-23(17-21)24(2,3)4/h6-17H,18H2,1-5H3/t25-/m0/s1. The lowest BCUT2D eigenvalue weighted by molar-refractivity contribution is 0.553. The van der Waals surface area contributed by atoms with Gasteiger partial charge >= 0.3 is 0 Å². The van der Waals surface area contributed by atoms with Crippen molar-refractivity contribution in [1.29, 1.82) is 0 Å². The van der Waals surface area contributed by atoms with Gasteiger partial charge in [0.15, 0.2) is 9.84 Å². The van der Waals surface area contributed by atoms with Gasteiger partial charge in [-0.25, -0.2) is 8.42 Å². The van der Waals surface area contributed by atoms with E-state index in [-0.39, 0.29) is 11.2 Å². The fourth-order valence-electron chi connectivity index (χ4n) is 3.53. The smallest absolute Gasteiger partial charge is 0.179 e. The Bertz CT molecular complexity index is 1080. The molecule has 3 nitrogen and oxygen atoms in total. The van der Waals surface area contributed by atoms with Crippen molar-refractivity contribution in [2.75, 3.05) is 5.75 Å². The third-order valence-corrected chi connectivity index (χ3v) is 7.38. The molecule has 0 unspecified atom stereocenters. The first kappa shape index (κ1) is 21.3. The van der Waals surface area contributed by atoms with Crippen LogP contribution in [-0.4, -0.2) is 19.2 Å². The summed E-state index contributed by atoms with van der Waals surface area (Å²) < 4.78 is 26.7. The van der Waals surface area contributed by atoms with E-state index in [0.717, 1.165) is 22.4 Å². The minimum atomic E-state index is -3.50. The van der Waals surface area contributed by atoms with Crippen molar-refractivity contribution in [2.45, 2.75) is 50.3 Å². The predicted octanol–water partition coefficient (Wildman–Crippen LogP) is 5.47. The first-order valence-electron chi connectivity index (χ1n) is 9.84. The van der Waals surface area contributed by atoms with Gasteiger partial charge < -0.3 is 0 Å². The summed E-state index contributed by atoms with van der Waals surface area (Å²) in [5.74, 6) is -0.0132. The van der Waals surface area contributed by atoms with E-state index in [2.05, 4.69) is 31.8 Å². The molecule has 0 aliphatic rings. The number of hydrogen-bond acceptors (Lipinski definition) is 3. The minimum Gasteiger partial charge on any atom is -0.261 e. The maximum Gasteiger partial charge on any atom is 0.179 e. The van der Waals surface area contributed by atoms with E-state index in [1.165, 1.54) is 0 Å². The monoisotopic (exact) mass is 407 g/mol. The molecule has 4 heteroatoms. The lowest BCUT2D eigenvalue weighted by atomic mass is 9.77. The van der Waals surface area contributed by atoms with Gasteiger partial charge in [-0.05, 0) is 42.3 Å². The second-order valence-corrected chi connectivity index (χ2v) is 10.9. The molecule has 0 fully saturated rings. The van der Waals surface area contributed by atoms with E-state index < -0.39 is 15.3 Å². The molecule has 0 N–H and O–H groups in total. The van der Waals surface area contributed by atoms with Crippen LogP contribution in [0.5, 0.6) is 0 Å². The summed E-state index contributed by atoms with van der Waals surface area (Å²) in [6.45, 7) is 10.3. The van der Waals surface area contributed by atoms with Crippen LogP contribution in [0.15, 0.2) is 77.8 Å². The van der Waals surface area contributed by atoms with Crippen LogP contribution in [0.1, 0.15) is 50.1 Å². The zero-order chi connectivity index (χ0) is 21.3. The van der Waals surface area contributed by atoms with Gasteiger partial charge in [0.25, 0.3) is 0 Å². The summed E-state index contributed by atoms with van der Waals surface area (Å²) >= 11 is 0. The second-order valence-electron chi connectivity index (χ2n) is 8.95. The maximum absolute atomic E-state index is 13.4. The van der Waals surface area contributed by atoms with Crippen LogP contribution in [-0.2, 0) is 20.7 Å². The summed E-state index contributed by atoms with van der Waals surface area (Å²) in [7, 11) is -3.50. The number of aryl methyl sites for hydroxylation is 1. The van der Waals surface area contributed by atoms with E-state index in [1.54, 1.807) is 18.3 Å². The number of hydrogen-bond donors (Lipinski definition) is 0. The van der Waals surface area contributed by atoms with Crippen LogP contribution in [0.2, 0.25) is 0 Å². The topological polar surface area (TPSA) is 47.0 Å². The Kier molecular flexibility index (Phi) is 5.68. The van der Waals surface area contributed by atoms with Crippen molar-refractivity contribution in [3.8, 4) is 0 Å². The first-order valence-corrected chi connectivity index (χ1v) is 11.5. The van der Waals surface area contributed by atoms with Gasteiger partial charge in [-0.3, -0.25) is 4.98 Å². The lowest BCUT2D eigenvalue weighted by Crippen LogP contribution is -2.33. The van der Waals surface area contributed by atoms with Crippen molar-refractivity contribution in [1.82, 2.24) is 4.98 Å². The number of sulfone groups is 1. The molecule has 0 amide bonds. The molecule has 152 valence electrons. The third kappa shape index (κ3) is 4.59. The summed E-state index contributed by atoms with van der Waals surface area (Å²) in [6, 6.07) is 20.9. The molecule has 1 heterocycles. The van der Waals surface area contributed by atoms with Gasteiger partial charge in [0, 0.05) is 22.7 Å². The van der Waals surface area contributed by atoms with Crippen molar-refractivity contribution in [3.05, 3.63) is 95.3 Å². The zero-order valence-corrected chi connectivity index (χ0v) is 18.6. The van der Waals surface area contributed by atoms with E-state index in [1.807, 2.05) is 62.4 Å². The van der Waals surface area contributed by atoms with Crippen molar-refractivity contribution in [2.24, 2.45) is 0 Å². The highest BCUT2D eigenvalue weighted by molar-refractivity contribution is 7.91. The number of rotatable bonds is 5. The molecular weight excluding hydrogens is 378 g/mol. The normalized spacial score (nSPS) is 14.4. The van der Waals surface area contributed by atoms with Crippen molar-refractivity contribution in [3.63, 3.8) is 0 Å². The number of aromatic nitrogens is 1. The highest BCUT2D eigenvalue weighted by atomic mass is 32.2. The van der Waals surface area contributed by atoms with Crippen LogP contribution in [0, 0.1) is 6.92 Å². The van der Waals surface area contributed by atoms with Crippen LogP contribution < -0.4 is 0 Å². The van der Waals surface area contributed by atoms with Crippen LogP contribution in [0.3, 0.4) is 0 Å². The third-order valence-electron chi connectivity index (χ3n) is 5.44. The zero-order valence-electron chi connectivity index (χ0n) is 17.8. The molecule has 2 aromatic carbocycles. The minimum absolute atomic E-state index is 0.0132. The van der Waals surface area contributed by atoms with Gasteiger partial charge in [-0.1, -0.05) is 75.7 Å². The van der Waals surface area contributed by atoms with Gasteiger partial charge in [-0.15, -0.1) is 0 Å². The largest absolute Gasteiger partial charge is 0.261 e. The molecular formula is C25H29NO2S. The highest BCUT2D eigenvalue weighted by Crippen LogP contribution is 2.36. The molecule has 1 atom stereocenters. The highest BCUT2D eigenvalue weighted by Gasteiger charge is 2.36. The molecule has 0 aliphatic heterocycles. The molecule has 0 radical (unpaired) electrons. The number of pyridine rings is 1.